The largest absolute Gasteiger partial charge is 1.00 e. The average Bonchev–Trinajstić information content (AvgIpc) is 2.74. The van der Waals surface area contributed by atoms with Crippen molar-refractivity contribution in [1.29, 1.82) is 0 Å². The number of rotatable bonds is 6. The molecule has 0 saturated carbocycles. The fourth-order valence-corrected chi connectivity index (χ4v) is 5.31. The third-order valence-corrected chi connectivity index (χ3v) is 6.49. The maximum atomic E-state index is 9.87. The van der Waals surface area contributed by atoms with E-state index in [0.29, 0.717) is 0 Å². The van der Waals surface area contributed by atoms with Gasteiger partial charge in [-0.3, -0.25) is 0 Å². The molecule has 4 rings (SSSR count). The van der Waals surface area contributed by atoms with Gasteiger partial charge >= 0.3 is 34.4 Å². The molecule has 34 heavy (non-hydrogen) atoms. The fraction of sp³-hybridized carbons (Fsp3) is 0. The molecular formula is C23H18F6NPS3. The van der Waals surface area contributed by atoms with Gasteiger partial charge in [-0.25, -0.2) is 4.98 Å². The van der Waals surface area contributed by atoms with E-state index in [-0.39, 0.29) is 1.43 Å². The van der Waals surface area contributed by atoms with Crippen molar-refractivity contribution in [2.75, 3.05) is 0 Å². The summed E-state index contributed by atoms with van der Waals surface area (Å²) >= 11 is 5.17. The molecule has 0 radical (unpaired) electrons. The van der Waals surface area contributed by atoms with Crippen LogP contribution in [-0.2, 0) is 0 Å². The number of halogens is 6. The summed E-state index contributed by atoms with van der Waals surface area (Å²) < 4.78 is 59.2. The van der Waals surface area contributed by atoms with Crippen molar-refractivity contribution >= 4 is 43.1 Å². The van der Waals surface area contributed by atoms with Crippen LogP contribution in [0.1, 0.15) is 1.43 Å². The summed E-state index contributed by atoms with van der Waals surface area (Å²) in [5.41, 5.74) is 0. The summed E-state index contributed by atoms with van der Waals surface area (Å²) in [5, 5.41) is 2.03. The van der Waals surface area contributed by atoms with Gasteiger partial charge in [0, 0.05) is 19.6 Å². The van der Waals surface area contributed by atoms with E-state index in [0.717, 1.165) is 10.1 Å². The van der Waals surface area contributed by atoms with E-state index in [1.165, 1.54) is 19.6 Å². The van der Waals surface area contributed by atoms with Gasteiger partial charge in [-0.1, -0.05) is 89.9 Å². The molecule has 0 spiro atoms. The second-order valence-corrected chi connectivity index (χ2v) is 11.9. The van der Waals surface area contributed by atoms with E-state index >= 15 is 0 Å². The average molecular weight is 550 g/mol. The van der Waals surface area contributed by atoms with Crippen LogP contribution in [0, 0.1) is 0 Å². The topological polar surface area (TPSA) is 12.9 Å². The van der Waals surface area contributed by atoms with Gasteiger partial charge in [-0.15, -0.1) is 0 Å². The Labute approximate surface area is 207 Å². The molecule has 0 amide bonds. The zero-order chi connectivity index (χ0) is 24.7. The van der Waals surface area contributed by atoms with E-state index in [4.69, 9.17) is 4.98 Å². The minimum Gasteiger partial charge on any atom is -0.234 e. The minimum absolute atomic E-state index is 0. The first-order valence-electron chi connectivity index (χ1n) is 9.57. The number of benzene rings is 3. The normalized spacial score (nSPS) is 13.2. The molecule has 1 aromatic heterocycles. The Balaban J connectivity index is 0.000000476. The third kappa shape index (κ3) is 11.8. The van der Waals surface area contributed by atoms with Crippen LogP contribution in [0.3, 0.4) is 0 Å². The van der Waals surface area contributed by atoms with E-state index in [1.54, 1.807) is 35.3 Å². The van der Waals surface area contributed by atoms with E-state index in [9.17, 15) is 25.2 Å². The monoisotopic (exact) mass is 549 g/mol. The molecule has 11 heteroatoms. The van der Waals surface area contributed by atoms with Crippen LogP contribution in [0.4, 0.5) is 25.2 Å². The van der Waals surface area contributed by atoms with Crippen molar-refractivity contribution in [1.82, 2.24) is 4.98 Å². The van der Waals surface area contributed by atoms with Crippen molar-refractivity contribution in [2.45, 2.75) is 29.6 Å². The zero-order valence-corrected chi connectivity index (χ0v) is 20.5. The summed E-state index contributed by atoms with van der Waals surface area (Å²) in [6, 6.07) is 35.6. The second-order valence-electron chi connectivity index (χ2n) is 6.68. The first-order valence-corrected chi connectivity index (χ1v) is 14.1. The first-order chi connectivity index (χ1) is 15.8. The molecule has 0 unspecified atom stereocenters. The smallest absolute Gasteiger partial charge is 0.234 e. The molecule has 1 heterocycles. The zero-order valence-electron chi connectivity index (χ0n) is 18.2. The van der Waals surface area contributed by atoms with Crippen LogP contribution in [0.2, 0.25) is 0 Å². The maximum Gasteiger partial charge on any atom is 1.00 e. The fourth-order valence-electron chi connectivity index (χ4n) is 2.46. The van der Waals surface area contributed by atoms with Gasteiger partial charge in [0.15, 0.2) is 0 Å². The van der Waals surface area contributed by atoms with E-state index < -0.39 is 7.81 Å². The van der Waals surface area contributed by atoms with Crippen LogP contribution in [0.5, 0.6) is 0 Å². The molecule has 180 valence electrons. The van der Waals surface area contributed by atoms with Crippen LogP contribution >= 0.6 is 43.1 Å². The summed E-state index contributed by atoms with van der Waals surface area (Å²) in [6.45, 7) is 0. The molecule has 3 aromatic carbocycles. The molecule has 0 fully saturated rings. The Kier molecular flexibility index (Phi) is 7.97. The molecule has 0 bridgehead atoms. The van der Waals surface area contributed by atoms with Crippen LogP contribution < -0.4 is 0 Å². The van der Waals surface area contributed by atoms with Gasteiger partial charge in [-0.2, -0.15) is 0 Å². The van der Waals surface area contributed by atoms with Crippen molar-refractivity contribution < 1.29 is 26.6 Å². The summed E-state index contributed by atoms with van der Waals surface area (Å²) in [6.07, 6.45) is 0. The van der Waals surface area contributed by atoms with Gasteiger partial charge in [0.05, 0.1) is 0 Å². The number of nitrogens with zero attached hydrogens (tertiary/aromatic N) is 1. The Morgan fingerprint density at radius 2 is 0.765 bits per heavy atom. The van der Waals surface area contributed by atoms with Crippen molar-refractivity contribution in [3.05, 3.63) is 103 Å². The molecule has 0 saturated heterocycles. The molecule has 0 atom stereocenters. The first kappa shape index (κ1) is 26.5. The predicted molar refractivity (Wildman–Crippen MR) is 131 cm³/mol. The van der Waals surface area contributed by atoms with Gasteiger partial charge in [-0.05, 0) is 48.5 Å². The molecule has 0 N–H and O–H groups in total. The van der Waals surface area contributed by atoms with Crippen molar-refractivity contribution in [3.8, 4) is 0 Å². The Bertz CT molecular complexity index is 1060. The quantitative estimate of drug-likeness (QED) is 0.175. The molecule has 4 aromatic rings. The third-order valence-electron chi connectivity index (χ3n) is 3.66. The van der Waals surface area contributed by atoms with Gasteiger partial charge < -0.3 is 0 Å². The summed E-state index contributed by atoms with van der Waals surface area (Å²) in [7, 11) is -10.7. The molecule has 0 aliphatic heterocycles. The van der Waals surface area contributed by atoms with Gasteiger partial charge in [0.1, 0.15) is 10.1 Å². The van der Waals surface area contributed by atoms with E-state index in [2.05, 4.69) is 84.9 Å². The van der Waals surface area contributed by atoms with Gasteiger partial charge in [0.2, 0.25) is 0 Å². The summed E-state index contributed by atoms with van der Waals surface area (Å²) in [4.78, 5) is 9.71. The van der Waals surface area contributed by atoms with Crippen LogP contribution in [0.25, 0.3) is 0 Å². The van der Waals surface area contributed by atoms with Crippen LogP contribution in [-0.4, -0.2) is 4.98 Å². The number of hydrogen-bond donors (Lipinski definition) is 0. The predicted octanol–water partition coefficient (Wildman–Crippen LogP) is 11.0. The van der Waals surface area contributed by atoms with E-state index in [1.807, 2.05) is 18.2 Å². The Morgan fingerprint density at radius 1 is 0.471 bits per heavy atom. The minimum atomic E-state index is -10.7. The van der Waals surface area contributed by atoms with Crippen molar-refractivity contribution in [2.24, 2.45) is 0 Å². The SMILES string of the molecule is F[P-](F)(F)(F)(F)F.[H+].c1ccc(Sc2cc(Sc3ccccc3)nc(Sc3ccccc3)c2)cc1. The second kappa shape index (κ2) is 10.2. The summed E-state index contributed by atoms with van der Waals surface area (Å²) in [5.74, 6) is 0. The number of aromatic nitrogens is 1. The number of hydrogen-bond acceptors (Lipinski definition) is 4. The van der Waals surface area contributed by atoms with Gasteiger partial charge in [0.25, 0.3) is 0 Å². The molecule has 1 nitrogen and oxygen atoms in total. The molecule has 0 aliphatic rings. The van der Waals surface area contributed by atoms with Crippen LogP contribution in [0.15, 0.2) is 133 Å². The van der Waals surface area contributed by atoms with Crippen molar-refractivity contribution in [3.63, 3.8) is 0 Å². The molecule has 0 aliphatic carbocycles. The molecular weight excluding hydrogens is 531 g/mol. The maximum absolute atomic E-state index is 10.7. The Hall–Kier alpha value is -2.13. The standard InChI is InChI=1S/C23H17NS3.F6P/c1-4-10-18(11-5-1)25-21-16-22(26-19-12-6-2-7-13-19)24-23(17-21)27-20-14-8-3-9-15-20;1-7(2,3,4,5)6/h1-17H;/q;-1/p+1. The Morgan fingerprint density at radius 3 is 1.09 bits per heavy atom. The number of pyridine rings is 1.